The second kappa shape index (κ2) is 7.41. The average Bonchev–Trinajstić information content (AvgIpc) is 2.92. The van der Waals surface area contributed by atoms with Gasteiger partial charge in [-0.3, -0.25) is 4.79 Å². The van der Waals surface area contributed by atoms with Crippen LogP contribution in [0.15, 0.2) is 53.7 Å². The summed E-state index contributed by atoms with van der Waals surface area (Å²) in [7, 11) is 0. The minimum absolute atomic E-state index is 0.174. The molecule has 2 N–H and O–H groups in total. The summed E-state index contributed by atoms with van der Waals surface area (Å²) in [6.07, 6.45) is -4.25. The predicted molar refractivity (Wildman–Crippen MR) is 94.8 cm³/mol. The lowest BCUT2D eigenvalue weighted by atomic mass is 10.2. The SMILES string of the molecule is NC(=O)CCSc1nc2cc(C(F)(F)F)ccc2n1Cc1ccccc1. The van der Waals surface area contributed by atoms with E-state index in [4.69, 9.17) is 5.73 Å². The molecule has 0 radical (unpaired) electrons. The van der Waals surface area contributed by atoms with E-state index < -0.39 is 17.6 Å². The molecule has 1 amide bonds. The molecule has 0 fully saturated rings. The number of alkyl halides is 3. The van der Waals surface area contributed by atoms with Gasteiger partial charge in [-0.2, -0.15) is 13.2 Å². The third-order valence-corrected chi connectivity index (χ3v) is 4.78. The number of imidazole rings is 1. The van der Waals surface area contributed by atoms with Crippen molar-refractivity contribution >= 4 is 28.7 Å². The first kappa shape index (κ1) is 18.3. The van der Waals surface area contributed by atoms with Crippen molar-refractivity contribution in [3.8, 4) is 0 Å². The van der Waals surface area contributed by atoms with Gasteiger partial charge in [-0.1, -0.05) is 42.1 Å². The highest BCUT2D eigenvalue weighted by atomic mass is 32.2. The van der Waals surface area contributed by atoms with Crippen molar-refractivity contribution < 1.29 is 18.0 Å². The monoisotopic (exact) mass is 379 g/mol. The van der Waals surface area contributed by atoms with Crippen LogP contribution in [0.1, 0.15) is 17.5 Å². The molecular weight excluding hydrogens is 363 g/mol. The first-order valence-corrected chi connectivity index (χ1v) is 8.85. The number of thioether (sulfide) groups is 1. The molecule has 0 saturated carbocycles. The number of rotatable bonds is 6. The van der Waals surface area contributed by atoms with Gasteiger partial charge in [-0.25, -0.2) is 4.98 Å². The van der Waals surface area contributed by atoms with Crippen LogP contribution in [-0.4, -0.2) is 21.2 Å². The van der Waals surface area contributed by atoms with E-state index in [-0.39, 0.29) is 11.9 Å². The molecule has 2 aromatic carbocycles. The Morgan fingerprint density at radius 2 is 1.88 bits per heavy atom. The summed E-state index contributed by atoms with van der Waals surface area (Å²) in [6, 6.07) is 13.1. The Bertz CT molecular complexity index is 923. The van der Waals surface area contributed by atoms with E-state index in [1.807, 2.05) is 34.9 Å². The topological polar surface area (TPSA) is 60.9 Å². The van der Waals surface area contributed by atoms with E-state index in [1.54, 1.807) is 0 Å². The van der Waals surface area contributed by atoms with Crippen LogP contribution in [0.3, 0.4) is 0 Å². The lowest BCUT2D eigenvalue weighted by Gasteiger charge is -2.10. The highest BCUT2D eigenvalue weighted by Gasteiger charge is 2.31. The van der Waals surface area contributed by atoms with E-state index in [1.165, 1.54) is 17.8 Å². The molecule has 0 bridgehead atoms. The Labute approximate surface area is 152 Å². The summed E-state index contributed by atoms with van der Waals surface area (Å²) in [5, 5.41) is 0.560. The Morgan fingerprint density at radius 1 is 1.15 bits per heavy atom. The number of carbonyl (C=O) groups is 1. The summed E-state index contributed by atoms with van der Waals surface area (Å²) in [6.45, 7) is 0.474. The third kappa shape index (κ3) is 4.19. The largest absolute Gasteiger partial charge is 0.416 e. The van der Waals surface area contributed by atoms with Gasteiger partial charge in [0.2, 0.25) is 5.91 Å². The van der Waals surface area contributed by atoms with Gasteiger partial charge in [0.25, 0.3) is 0 Å². The first-order chi connectivity index (χ1) is 12.3. The molecule has 0 aliphatic carbocycles. The molecule has 3 aromatic rings. The van der Waals surface area contributed by atoms with Crippen molar-refractivity contribution in [2.75, 3.05) is 5.75 Å². The van der Waals surface area contributed by atoms with Gasteiger partial charge in [0.05, 0.1) is 23.1 Å². The number of hydrogen-bond donors (Lipinski definition) is 1. The van der Waals surface area contributed by atoms with Crippen molar-refractivity contribution in [2.45, 2.75) is 24.3 Å². The van der Waals surface area contributed by atoms with E-state index in [9.17, 15) is 18.0 Å². The zero-order valence-electron chi connectivity index (χ0n) is 13.7. The van der Waals surface area contributed by atoms with Crippen molar-refractivity contribution in [3.63, 3.8) is 0 Å². The fraction of sp³-hybridized carbons (Fsp3) is 0.222. The molecule has 8 heteroatoms. The average molecular weight is 379 g/mol. The van der Waals surface area contributed by atoms with Gasteiger partial charge in [-0.15, -0.1) is 0 Å². The molecule has 1 aromatic heterocycles. The fourth-order valence-corrected chi connectivity index (χ4v) is 3.52. The number of fused-ring (bicyclic) bond motifs is 1. The lowest BCUT2D eigenvalue weighted by molar-refractivity contribution is -0.137. The minimum Gasteiger partial charge on any atom is -0.370 e. The molecular formula is C18H16F3N3OS. The van der Waals surface area contributed by atoms with Crippen LogP contribution in [0.25, 0.3) is 11.0 Å². The van der Waals surface area contributed by atoms with Crippen LogP contribution in [-0.2, 0) is 17.5 Å². The molecule has 26 heavy (non-hydrogen) atoms. The number of nitrogens with two attached hydrogens (primary N) is 1. The van der Waals surface area contributed by atoms with Crippen molar-refractivity contribution in [1.82, 2.24) is 9.55 Å². The van der Waals surface area contributed by atoms with Gasteiger partial charge in [-0.05, 0) is 23.8 Å². The molecule has 3 rings (SSSR count). The molecule has 4 nitrogen and oxygen atoms in total. The molecule has 0 aliphatic heterocycles. The quantitative estimate of drug-likeness (QED) is 0.657. The highest BCUT2D eigenvalue weighted by Crippen LogP contribution is 2.33. The van der Waals surface area contributed by atoms with Crippen LogP contribution < -0.4 is 5.73 Å². The zero-order chi connectivity index (χ0) is 18.7. The molecule has 0 atom stereocenters. The standard InChI is InChI=1S/C18H16F3N3OS/c19-18(20,21)13-6-7-15-14(10-13)23-17(26-9-8-16(22)25)24(15)11-12-4-2-1-3-5-12/h1-7,10H,8-9,11H2,(H2,22,25). The van der Waals surface area contributed by atoms with Gasteiger partial charge in [0.1, 0.15) is 0 Å². The number of benzene rings is 2. The van der Waals surface area contributed by atoms with Gasteiger partial charge in [0, 0.05) is 12.2 Å². The Morgan fingerprint density at radius 3 is 2.54 bits per heavy atom. The summed E-state index contributed by atoms with van der Waals surface area (Å²) in [5.41, 5.74) is 6.32. The zero-order valence-corrected chi connectivity index (χ0v) is 14.5. The summed E-state index contributed by atoms with van der Waals surface area (Å²) in [5.74, 6) is -0.0119. The maximum absolute atomic E-state index is 13.0. The highest BCUT2D eigenvalue weighted by molar-refractivity contribution is 7.99. The lowest BCUT2D eigenvalue weighted by Crippen LogP contribution is -2.11. The van der Waals surface area contributed by atoms with Crippen LogP contribution in [0.5, 0.6) is 0 Å². The normalized spacial score (nSPS) is 11.8. The van der Waals surface area contributed by atoms with Crippen LogP contribution in [0.4, 0.5) is 13.2 Å². The number of amides is 1. The van der Waals surface area contributed by atoms with E-state index in [2.05, 4.69) is 4.98 Å². The number of halogens is 3. The number of aromatic nitrogens is 2. The predicted octanol–water partition coefficient (Wildman–Crippen LogP) is 4.07. The molecule has 136 valence electrons. The first-order valence-electron chi connectivity index (χ1n) is 7.87. The maximum Gasteiger partial charge on any atom is 0.416 e. The van der Waals surface area contributed by atoms with Crippen LogP contribution >= 0.6 is 11.8 Å². The van der Waals surface area contributed by atoms with Crippen molar-refractivity contribution in [1.29, 1.82) is 0 Å². The van der Waals surface area contributed by atoms with Gasteiger partial charge >= 0.3 is 6.18 Å². The number of carbonyl (C=O) groups excluding carboxylic acids is 1. The van der Waals surface area contributed by atoms with E-state index >= 15 is 0 Å². The van der Waals surface area contributed by atoms with Gasteiger partial charge in [0.15, 0.2) is 5.16 Å². The fourth-order valence-electron chi connectivity index (χ4n) is 2.56. The Kier molecular flexibility index (Phi) is 5.22. The number of nitrogens with zero attached hydrogens (tertiary/aromatic N) is 2. The van der Waals surface area contributed by atoms with E-state index in [0.717, 1.165) is 17.7 Å². The molecule has 0 aliphatic rings. The molecule has 1 heterocycles. The Balaban J connectivity index is 2.00. The smallest absolute Gasteiger partial charge is 0.370 e. The van der Waals surface area contributed by atoms with E-state index in [0.29, 0.717) is 23.0 Å². The van der Waals surface area contributed by atoms with Crippen LogP contribution in [0.2, 0.25) is 0 Å². The molecule has 0 unspecified atom stereocenters. The van der Waals surface area contributed by atoms with Crippen molar-refractivity contribution in [2.24, 2.45) is 5.73 Å². The molecule has 0 saturated heterocycles. The second-order valence-corrected chi connectivity index (χ2v) is 6.79. The summed E-state index contributed by atoms with van der Waals surface area (Å²) in [4.78, 5) is 15.3. The molecule has 0 spiro atoms. The Hall–Kier alpha value is -2.48. The number of hydrogen-bond acceptors (Lipinski definition) is 3. The number of primary amides is 1. The summed E-state index contributed by atoms with van der Waals surface area (Å²) >= 11 is 1.30. The summed E-state index contributed by atoms with van der Waals surface area (Å²) < 4.78 is 40.8. The van der Waals surface area contributed by atoms with Crippen LogP contribution in [0, 0.1) is 0 Å². The second-order valence-electron chi connectivity index (χ2n) is 5.73. The minimum atomic E-state index is -4.42. The maximum atomic E-state index is 13.0. The van der Waals surface area contributed by atoms with Crippen molar-refractivity contribution in [3.05, 3.63) is 59.7 Å². The van der Waals surface area contributed by atoms with Gasteiger partial charge < -0.3 is 10.3 Å². The third-order valence-electron chi connectivity index (χ3n) is 3.80.